The van der Waals surface area contributed by atoms with E-state index in [1.165, 1.54) is 16.2 Å². The Hall–Kier alpha value is -3.03. The van der Waals surface area contributed by atoms with Crippen LogP contribution < -0.4 is 4.90 Å². The Bertz CT molecular complexity index is 1380. The average Bonchev–Trinajstić information content (AvgIpc) is 3.16. The van der Waals surface area contributed by atoms with Crippen molar-refractivity contribution in [1.29, 1.82) is 0 Å². The first-order valence-corrected chi connectivity index (χ1v) is 12.7. The third kappa shape index (κ3) is 4.74. The van der Waals surface area contributed by atoms with E-state index in [1.54, 1.807) is 24.3 Å². The van der Waals surface area contributed by atoms with Crippen molar-refractivity contribution in [2.75, 3.05) is 10.7 Å². The summed E-state index contributed by atoms with van der Waals surface area (Å²) in [5, 5.41) is 0.502. The number of sulfone groups is 1. The number of hydrogen-bond donors (Lipinski definition) is 0. The first-order chi connectivity index (χ1) is 15.2. The van der Waals surface area contributed by atoms with Crippen LogP contribution in [-0.2, 0) is 21.2 Å². The van der Waals surface area contributed by atoms with Gasteiger partial charge >= 0.3 is 0 Å². The van der Waals surface area contributed by atoms with Crippen LogP contribution in [0.5, 0.6) is 0 Å². The fourth-order valence-electron chi connectivity index (χ4n) is 3.57. The molecule has 0 atom stereocenters. The molecule has 164 valence electrons. The number of thiazole rings is 1. The number of anilines is 1. The van der Waals surface area contributed by atoms with Crippen LogP contribution in [0.1, 0.15) is 22.3 Å². The smallest absolute Gasteiger partial charge is 0.244 e. The number of hydrogen-bond acceptors (Lipinski definition) is 5. The lowest BCUT2D eigenvalue weighted by Crippen LogP contribution is -2.35. The molecule has 32 heavy (non-hydrogen) atoms. The highest BCUT2D eigenvalue weighted by Crippen LogP contribution is 2.33. The molecule has 5 nitrogen and oxygen atoms in total. The first-order valence-electron chi connectivity index (χ1n) is 10.2. The maximum absolute atomic E-state index is 13.3. The summed E-state index contributed by atoms with van der Waals surface area (Å²) in [5.74, 6) is -1.11. The van der Waals surface area contributed by atoms with Crippen molar-refractivity contribution >= 4 is 42.4 Å². The standard InChI is InChI=1S/C25H24N2O3S2/c1-17-9-11-21(12-10-17)32(29,30)16-23(28)27(15-20-7-5-4-6-8-20)25-26-24-19(3)13-18(2)14-22(24)31-25/h4-14H,15-16H2,1-3H3. The van der Waals surface area contributed by atoms with Gasteiger partial charge in [0.1, 0.15) is 5.75 Å². The van der Waals surface area contributed by atoms with Crippen LogP contribution >= 0.6 is 11.3 Å². The lowest BCUT2D eigenvalue weighted by molar-refractivity contribution is -0.116. The summed E-state index contributed by atoms with van der Waals surface area (Å²) in [6.45, 7) is 6.15. The number of rotatable bonds is 6. The van der Waals surface area contributed by atoms with E-state index in [0.717, 1.165) is 32.5 Å². The van der Waals surface area contributed by atoms with Crippen LogP contribution in [0.2, 0.25) is 0 Å². The maximum Gasteiger partial charge on any atom is 0.244 e. The molecule has 0 aliphatic rings. The predicted octanol–water partition coefficient (Wildman–Crippen LogP) is 5.23. The van der Waals surface area contributed by atoms with Gasteiger partial charge in [-0.25, -0.2) is 13.4 Å². The lowest BCUT2D eigenvalue weighted by atomic mass is 10.1. The minimum absolute atomic E-state index is 0.145. The Kier molecular flexibility index (Phi) is 6.13. The number of carbonyl (C=O) groups excluding carboxylic acids is 1. The fraction of sp³-hybridized carbons (Fsp3) is 0.200. The molecule has 0 saturated carbocycles. The van der Waals surface area contributed by atoms with E-state index in [0.29, 0.717) is 5.13 Å². The third-order valence-corrected chi connectivity index (χ3v) is 7.87. The highest BCUT2D eigenvalue weighted by molar-refractivity contribution is 7.92. The molecule has 1 amide bonds. The number of nitrogens with zero attached hydrogens (tertiary/aromatic N) is 2. The van der Waals surface area contributed by atoms with Crippen LogP contribution in [-0.4, -0.2) is 25.1 Å². The zero-order valence-electron chi connectivity index (χ0n) is 18.2. The normalized spacial score (nSPS) is 11.6. The van der Waals surface area contributed by atoms with Gasteiger partial charge < -0.3 is 0 Å². The molecule has 0 aliphatic carbocycles. The Morgan fingerprint density at radius 3 is 2.31 bits per heavy atom. The zero-order valence-corrected chi connectivity index (χ0v) is 19.8. The Labute approximate surface area is 192 Å². The van der Waals surface area contributed by atoms with Crippen molar-refractivity contribution in [3.05, 3.63) is 89.0 Å². The number of fused-ring (bicyclic) bond motifs is 1. The van der Waals surface area contributed by atoms with E-state index in [9.17, 15) is 13.2 Å². The predicted molar refractivity (Wildman–Crippen MR) is 130 cm³/mol. The minimum Gasteiger partial charge on any atom is -0.283 e. The van der Waals surface area contributed by atoms with Gasteiger partial charge in [0.05, 0.1) is 21.7 Å². The molecule has 4 aromatic rings. The molecule has 1 heterocycles. The number of aryl methyl sites for hydroxylation is 3. The summed E-state index contributed by atoms with van der Waals surface area (Å²) in [4.78, 5) is 19.7. The SMILES string of the molecule is Cc1ccc(S(=O)(=O)CC(=O)N(Cc2ccccc2)c2nc3c(C)cc(C)cc3s2)cc1. The summed E-state index contributed by atoms with van der Waals surface area (Å²) < 4.78 is 26.9. The molecule has 0 bridgehead atoms. The number of benzene rings is 3. The molecule has 0 unspecified atom stereocenters. The number of amides is 1. The van der Waals surface area contributed by atoms with E-state index in [-0.39, 0.29) is 11.4 Å². The minimum atomic E-state index is -3.78. The van der Waals surface area contributed by atoms with Crippen molar-refractivity contribution in [1.82, 2.24) is 4.98 Å². The van der Waals surface area contributed by atoms with Crippen LogP contribution in [0.25, 0.3) is 10.2 Å². The second kappa shape index (κ2) is 8.84. The van der Waals surface area contributed by atoms with Crippen molar-refractivity contribution in [3.8, 4) is 0 Å². The molecular formula is C25H24N2O3S2. The molecule has 3 aromatic carbocycles. The maximum atomic E-state index is 13.3. The third-order valence-electron chi connectivity index (χ3n) is 5.23. The first kappa shape index (κ1) is 22.2. The van der Waals surface area contributed by atoms with Crippen LogP contribution in [0.4, 0.5) is 5.13 Å². The molecule has 0 fully saturated rings. The summed E-state index contributed by atoms with van der Waals surface area (Å²) in [5.41, 5.74) is 4.85. The van der Waals surface area contributed by atoms with E-state index in [4.69, 9.17) is 4.98 Å². The van der Waals surface area contributed by atoms with E-state index < -0.39 is 21.5 Å². The van der Waals surface area contributed by atoms with Gasteiger partial charge in [0.15, 0.2) is 15.0 Å². The average molecular weight is 465 g/mol. The molecule has 4 rings (SSSR count). The van der Waals surface area contributed by atoms with Crippen molar-refractivity contribution in [2.24, 2.45) is 0 Å². The highest BCUT2D eigenvalue weighted by Gasteiger charge is 2.27. The van der Waals surface area contributed by atoms with Crippen LogP contribution in [0.15, 0.2) is 71.6 Å². The molecule has 0 N–H and O–H groups in total. The van der Waals surface area contributed by atoms with Gasteiger partial charge in [-0.2, -0.15) is 0 Å². The second-order valence-corrected chi connectivity index (χ2v) is 11.0. The van der Waals surface area contributed by atoms with Crippen molar-refractivity contribution in [2.45, 2.75) is 32.2 Å². The zero-order chi connectivity index (χ0) is 22.9. The van der Waals surface area contributed by atoms with E-state index >= 15 is 0 Å². The lowest BCUT2D eigenvalue weighted by Gasteiger charge is -2.20. The molecule has 1 aromatic heterocycles. The van der Waals surface area contributed by atoms with Gasteiger partial charge in [-0.1, -0.05) is 65.4 Å². The van der Waals surface area contributed by atoms with Gasteiger partial charge in [0, 0.05) is 0 Å². The van der Waals surface area contributed by atoms with E-state index in [2.05, 4.69) is 6.07 Å². The number of carbonyl (C=O) groups is 1. The van der Waals surface area contributed by atoms with Crippen molar-refractivity contribution in [3.63, 3.8) is 0 Å². The Balaban J connectivity index is 1.71. The summed E-state index contributed by atoms with van der Waals surface area (Å²) >= 11 is 1.40. The molecule has 0 saturated heterocycles. The second-order valence-electron chi connectivity index (χ2n) is 7.96. The molecule has 0 spiro atoms. The van der Waals surface area contributed by atoms with E-state index in [1.807, 2.05) is 57.2 Å². The Morgan fingerprint density at radius 1 is 0.938 bits per heavy atom. The monoisotopic (exact) mass is 464 g/mol. The van der Waals surface area contributed by atoms with Gasteiger partial charge in [-0.15, -0.1) is 0 Å². The van der Waals surface area contributed by atoms with Gasteiger partial charge in [-0.05, 0) is 55.7 Å². The largest absolute Gasteiger partial charge is 0.283 e. The number of aromatic nitrogens is 1. The molecule has 7 heteroatoms. The highest BCUT2D eigenvalue weighted by atomic mass is 32.2. The van der Waals surface area contributed by atoms with Gasteiger partial charge in [0.2, 0.25) is 5.91 Å². The quantitative estimate of drug-likeness (QED) is 0.392. The van der Waals surface area contributed by atoms with Crippen LogP contribution in [0.3, 0.4) is 0 Å². The van der Waals surface area contributed by atoms with Crippen molar-refractivity contribution < 1.29 is 13.2 Å². The van der Waals surface area contributed by atoms with Gasteiger partial charge in [0.25, 0.3) is 0 Å². The summed E-state index contributed by atoms with van der Waals surface area (Å²) in [7, 11) is -3.78. The summed E-state index contributed by atoms with van der Waals surface area (Å²) in [6.07, 6.45) is 0. The fourth-order valence-corrected chi connectivity index (χ4v) is 5.93. The van der Waals surface area contributed by atoms with Crippen LogP contribution in [0, 0.1) is 20.8 Å². The summed E-state index contributed by atoms with van der Waals surface area (Å²) in [6, 6.07) is 20.2. The molecule has 0 aliphatic heterocycles. The molecule has 0 radical (unpaired) electrons. The topological polar surface area (TPSA) is 67.3 Å². The Morgan fingerprint density at radius 2 is 1.62 bits per heavy atom. The van der Waals surface area contributed by atoms with Gasteiger partial charge in [-0.3, -0.25) is 9.69 Å². The molecular weight excluding hydrogens is 440 g/mol.